The number of rotatable bonds is 7. The van der Waals surface area contributed by atoms with Gasteiger partial charge in [-0.05, 0) is 72.0 Å². The maximum Gasteiger partial charge on any atom is 0.295 e. The highest BCUT2D eigenvalue weighted by atomic mass is 19.1. The van der Waals surface area contributed by atoms with E-state index in [1.54, 1.807) is 18.2 Å². The molecule has 5 nitrogen and oxygen atoms in total. The molecular formula is C29H27F2NO4. The van der Waals surface area contributed by atoms with Crippen LogP contribution in [0.1, 0.15) is 55.0 Å². The molecule has 0 aliphatic carbocycles. The SMILES string of the molecule is CCOc1ccc(/C(O)=C2/C(=O)C(=O)N(Cc3ccc(F)cc3)C2c2ccc(F)cc2)cc1C(C)C. The molecule has 4 rings (SSSR count). The Morgan fingerprint density at radius 1 is 0.972 bits per heavy atom. The third-order valence-corrected chi connectivity index (χ3v) is 6.20. The van der Waals surface area contributed by atoms with Crippen LogP contribution in [0.25, 0.3) is 5.76 Å². The Morgan fingerprint density at radius 2 is 1.58 bits per heavy atom. The smallest absolute Gasteiger partial charge is 0.295 e. The second-order valence-electron chi connectivity index (χ2n) is 8.95. The number of ketones is 1. The molecule has 1 N–H and O–H groups in total. The van der Waals surface area contributed by atoms with Gasteiger partial charge < -0.3 is 14.7 Å². The fraction of sp³-hybridized carbons (Fsp3) is 0.241. The summed E-state index contributed by atoms with van der Waals surface area (Å²) in [6, 6.07) is 15.2. The zero-order valence-electron chi connectivity index (χ0n) is 20.3. The van der Waals surface area contributed by atoms with Crippen molar-refractivity contribution in [3.63, 3.8) is 0 Å². The highest BCUT2D eigenvalue weighted by Crippen LogP contribution is 2.41. The van der Waals surface area contributed by atoms with Crippen LogP contribution in [0.2, 0.25) is 0 Å². The molecule has 1 aliphatic heterocycles. The second-order valence-corrected chi connectivity index (χ2v) is 8.95. The van der Waals surface area contributed by atoms with E-state index < -0.39 is 29.4 Å². The van der Waals surface area contributed by atoms with Crippen molar-refractivity contribution in [3.8, 4) is 5.75 Å². The third kappa shape index (κ3) is 4.87. The average molecular weight is 492 g/mol. The number of Topliss-reactive ketones (excluding diaryl/α,β-unsaturated/α-hetero) is 1. The predicted octanol–water partition coefficient (Wildman–Crippen LogP) is 6.11. The first kappa shape index (κ1) is 25.1. The predicted molar refractivity (Wildman–Crippen MR) is 132 cm³/mol. The maximum atomic E-state index is 13.7. The van der Waals surface area contributed by atoms with Crippen molar-refractivity contribution < 1.29 is 28.2 Å². The molecule has 1 heterocycles. The standard InChI is InChI=1S/C29H27F2NO4/c1-4-36-24-14-9-20(15-23(24)17(2)3)27(33)25-26(19-7-12-22(31)13-8-19)32(29(35)28(25)34)16-18-5-10-21(30)11-6-18/h5-15,17,26,33H,4,16H2,1-3H3/b27-25-. The molecule has 1 fully saturated rings. The molecule has 3 aromatic rings. The zero-order valence-corrected chi connectivity index (χ0v) is 20.3. The van der Waals surface area contributed by atoms with E-state index in [9.17, 15) is 23.5 Å². The Labute approximate surface area is 208 Å². The summed E-state index contributed by atoms with van der Waals surface area (Å²) >= 11 is 0. The van der Waals surface area contributed by atoms with Gasteiger partial charge in [-0.1, -0.05) is 38.1 Å². The van der Waals surface area contributed by atoms with Crippen LogP contribution in [0.4, 0.5) is 8.78 Å². The van der Waals surface area contributed by atoms with Gasteiger partial charge in [-0.25, -0.2) is 8.78 Å². The highest BCUT2D eigenvalue weighted by Gasteiger charge is 2.46. The quantitative estimate of drug-likeness (QED) is 0.246. The molecule has 186 valence electrons. The van der Waals surface area contributed by atoms with Gasteiger partial charge >= 0.3 is 0 Å². The van der Waals surface area contributed by atoms with Gasteiger partial charge in [0.05, 0.1) is 18.2 Å². The van der Waals surface area contributed by atoms with Gasteiger partial charge in [0.1, 0.15) is 23.1 Å². The summed E-state index contributed by atoms with van der Waals surface area (Å²) < 4.78 is 32.8. The minimum absolute atomic E-state index is 0.00417. The third-order valence-electron chi connectivity index (χ3n) is 6.20. The fourth-order valence-corrected chi connectivity index (χ4v) is 4.41. The number of hydrogen-bond acceptors (Lipinski definition) is 4. The van der Waals surface area contributed by atoms with E-state index in [1.165, 1.54) is 53.4 Å². The lowest BCUT2D eigenvalue weighted by Gasteiger charge is -2.25. The summed E-state index contributed by atoms with van der Waals surface area (Å²) in [5.41, 5.74) is 2.20. The van der Waals surface area contributed by atoms with Crippen LogP contribution >= 0.6 is 0 Å². The average Bonchev–Trinajstić information content (AvgIpc) is 3.10. The molecular weight excluding hydrogens is 464 g/mol. The Hall–Kier alpha value is -4.00. The van der Waals surface area contributed by atoms with Crippen LogP contribution in [0.15, 0.2) is 72.3 Å². The van der Waals surface area contributed by atoms with Crippen molar-refractivity contribution in [2.75, 3.05) is 6.61 Å². The number of amides is 1. The van der Waals surface area contributed by atoms with Gasteiger partial charge in [0.25, 0.3) is 11.7 Å². The first-order chi connectivity index (χ1) is 17.2. The lowest BCUT2D eigenvalue weighted by atomic mass is 9.93. The van der Waals surface area contributed by atoms with Gasteiger partial charge in [-0.2, -0.15) is 0 Å². The summed E-state index contributed by atoms with van der Waals surface area (Å²) in [5, 5.41) is 11.4. The van der Waals surface area contributed by atoms with Gasteiger partial charge in [0.2, 0.25) is 0 Å². The van der Waals surface area contributed by atoms with E-state index in [0.29, 0.717) is 29.0 Å². The van der Waals surface area contributed by atoms with E-state index in [1.807, 2.05) is 20.8 Å². The van der Waals surface area contributed by atoms with Crippen molar-refractivity contribution in [3.05, 3.63) is 106 Å². The number of carbonyl (C=O) groups excluding carboxylic acids is 2. The summed E-state index contributed by atoms with van der Waals surface area (Å²) in [6.45, 7) is 6.33. The molecule has 1 aliphatic rings. The maximum absolute atomic E-state index is 13.7. The van der Waals surface area contributed by atoms with E-state index in [0.717, 1.165) is 5.56 Å². The number of carbonyl (C=O) groups is 2. The molecule has 0 spiro atoms. The Kier molecular flexibility index (Phi) is 7.20. The molecule has 1 atom stereocenters. The molecule has 1 saturated heterocycles. The van der Waals surface area contributed by atoms with E-state index in [2.05, 4.69) is 0 Å². The summed E-state index contributed by atoms with van der Waals surface area (Å²) in [6.07, 6.45) is 0. The number of likely N-dealkylation sites (tertiary alicyclic amines) is 1. The van der Waals surface area contributed by atoms with Crippen LogP contribution in [-0.4, -0.2) is 28.3 Å². The first-order valence-corrected chi connectivity index (χ1v) is 11.8. The largest absolute Gasteiger partial charge is 0.507 e. The Morgan fingerprint density at radius 3 is 2.17 bits per heavy atom. The Balaban J connectivity index is 1.85. The lowest BCUT2D eigenvalue weighted by molar-refractivity contribution is -0.140. The number of ether oxygens (including phenoxy) is 1. The number of benzene rings is 3. The van der Waals surface area contributed by atoms with Gasteiger partial charge in [-0.15, -0.1) is 0 Å². The van der Waals surface area contributed by atoms with Crippen LogP contribution in [-0.2, 0) is 16.1 Å². The van der Waals surface area contributed by atoms with Crippen LogP contribution < -0.4 is 4.74 Å². The first-order valence-electron chi connectivity index (χ1n) is 11.8. The number of hydrogen-bond donors (Lipinski definition) is 1. The molecule has 36 heavy (non-hydrogen) atoms. The molecule has 0 radical (unpaired) electrons. The minimum Gasteiger partial charge on any atom is -0.507 e. The van der Waals surface area contributed by atoms with Crippen molar-refractivity contribution in [2.24, 2.45) is 0 Å². The number of nitrogens with zero attached hydrogens (tertiary/aromatic N) is 1. The fourth-order valence-electron chi connectivity index (χ4n) is 4.41. The molecule has 0 bridgehead atoms. The van der Waals surface area contributed by atoms with Crippen molar-refractivity contribution >= 4 is 17.4 Å². The molecule has 0 aromatic heterocycles. The van der Waals surface area contributed by atoms with Crippen molar-refractivity contribution in [1.29, 1.82) is 0 Å². The molecule has 3 aromatic carbocycles. The molecule has 0 saturated carbocycles. The zero-order chi connectivity index (χ0) is 26.0. The highest BCUT2D eigenvalue weighted by molar-refractivity contribution is 6.46. The lowest BCUT2D eigenvalue weighted by Crippen LogP contribution is -2.29. The number of aliphatic hydroxyl groups is 1. The number of halogens is 2. The number of aliphatic hydroxyl groups excluding tert-OH is 1. The van der Waals surface area contributed by atoms with Crippen LogP contribution in [0, 0.1) is 11.6 Å². The molecule has 7 heteroatoms. The minimum atomic E-state index is -0.954. The van der Waals surface area contributed by atoms with Crippen LogP contribution in [0.3, 0.4) is 0 Å². The summed E-state index contributed by atoms with van der Waals surface area (Å²) in [5.74, 6) is -2.11. The van der Waals surface area contributed by atoms with Crippen LogP contribution in [0.5, 0.6) is 5.75 Å². The van der Waals surface area contributed by atoms with Crippen molar-refractivity contribution in [1.82, 2.24) is 4.90 Å². The summed E-state index contributed by atoms with van der Waals surface area (Å²) in [7, 11) is 0. The van der Waals surface area contributed by atoms with E-state index in [4.69, 9.17) is 4.74 Å². The van der Waals surface area contributed by atoms with Gasteiger partial charge in [0, 0.05) is 12.1 Å². The monoisotopic (exact) mass is 491 g/mol. The normalized spacial score (nSPS) is 17.2. The van der Waals surface area contributed by atoms with Crippen molar-refractivity contribution in [2.45, 2.75) is 39.3 Å². The summed E-state index contributed by atoms with van der Waals surface area (Å²) in [4.78, 5) is 27.7. The van der Waals surface area contributed by atoms with Gasteiger partial charge in [-0.3, -0.25) is 9.59 Å². The molecule has 1 amide bonds. The molecule has 1 unspecified atom stereocenters. The van der Waals surface area contributed by atoms with E-state index in [-0.39, 0.29) is 23.8 Å². The van der Waals surface area contributed by atoms with Gasteiger partial charge in [0.15, 0.2) is 0 Å². The second kappa shape index (κ2) is 10.3. The van der Waals surface area contributed by atoms with E-state index >= 15 is 0 Å². The topological polar surface area (TPSA) is 66.8 Å². The Bertz CT molecular complexity index is 1310.